The molecule has 3 aliphatic rings. The highest BCUT2D eigenvalue weighted by molar-refractivity contribution is 6.00. The van der Waals surface area contributed by atoms with Gasteiger partial charge in [-0.1, -0.05) is 31.4 Å². The predicted octanol–water partition coefficient (Wildman–Crippen LogP) is 3.85. The molecule has 2 atom stereocenters. The van der Waals surface area contributed by atoms with Gasteiger partial charge in [0.2, 0.25) is 11.8 Å². The molecule has 10 nitrogen and oxygen atoms in total. The quantitative estimate of drug-likeness (QED) is 0.350. The number of halogens is 2. The van der Waals surface area contributed by atoms with Crippen molar-refractivity contribution in [2.24, 2.45) is 5.92 Å². The van der Waals surface area contributed by atoms with Crippen LogP contribution in [0.15, 0.2) is 48.5 Å². The van der Waals surface area contributed by atoms with Gasteiger partial charge in [0.1, 0.15) is 23.1 Å². The molecule has 1 aliphatic carbocycles. The van der Waals surface area contributed by atoms with E-state index in [1.807, 2.05) is 43.3 Å². The topological polar surface area (TPSA) is 114 Å². The maximum atomic E-state index is 13.9. The second-order valence-corrected chi connectivity index (χ2v) is 12.8. The smallest absolute Gasteiger partial charge is 0.251 e. The molecule has 1 saturated carbocycles. The van der Waals surface area contributed by atoms with Gasteiger partial charge in [0.05, 0.1) is 6.10 Å². The average Bonchev–Trinajstić information content (AvgIpc) is 3.04. The standard InChI is InChI=1S/C34H47N5O5.2ClH/c1-35-31(41)26-11-15-28(16-12-26)44-27-13-9-24(10-14-27)23-38-19-17-34(18-20-38)33(43)36-29(30(40)25-7-5-4-6-8-25)32(42)39(34)22-21-37(2)3;;/h9-16,25,29-30,40H,4-8,17-23H2,1-3H3,(H,35,41)(H,36,43);2*1H/t29-,30-;;/m1../s1. The molecule has 5 rings (SSSR count). The summed E-state index contributed by atoms with van der Waals surface area (Å²) in [5.74, 6) is 1.00. The van der Waals surface area contributed by atoms with E-state index in [0.29, 0.717) is 56.1 Å². The van der Waals surface area contributed by atoms with Crippen molar-refractivity contribution >= 4 is 42.5 Å². The third-order valence-electron chi connectivity index (χ3n) is 9.60. The van der Waals surface area contributed by atoms with Crippen molar-refractivity contribution in [3.8, 4) is 11.5 Å². The third-order valence-corrected chi connectivity index (χ3v) is 9.60. The van der Waals surface area contributed by atoms with Crippen LogP contribution in [0.25, 0.3) is 0 Å². The molecule has 46 heavy (non-hydrogen) atoms. The van der Waals surface area contributed by atoms with Crippen molar-refractivity contribution in [2.45, 2.75) is 69.2 Å². The average molecular weight is 679 g/mol. The lowest BCUT2D eigenvalue weighted by Gasteiger charge is -2.52. The number of rotatable bonds is 10. The van der Waals surface area contributed by atoms with E-state index in [0.717, 1.165) is 44.2 Å². The van der Waals surface area contributed by atoms with Gasteiger partial charge in [-0.3, -0.25) is 19.3 Å². The largest absolute Gasteiger partial charge is 0.457 e. The zero-order valence-corrected chi connectivity index (χ0v) is 28.7. The fourth-order valence-corrected chi connectivity index (χ4v) is 6.90. The second-order valence-electron chi connectivity index (χ2n) is 12.8. The Morgan fingerprint density at radius 2 is 1.59 bits per heavy atom. The highest BCUT2D eigenvalue weighted by Crippen LogP contribution is 2.36. The number of aliphatic hydroxyl groups is 1. The van der Waals surface area contributed by atoms with Gasteiger partial charge in [-0.05, 0) is 87.7 Å². The Morgan fingerprint density at radius 3 is 2.15 bits per heavy atom. The van der Waals surface area contributed by atoms with E-state index in [9.17, 15) is 19.5 Å². The van der Waals surface area contributed by atoms with Gasteiger partial charge >= 0.3 is 0 Å². The van der Waals surface area contributed by atoms with Crippen LogP contribution in [0.5, 0.6) is 11.5 Å². The van der Waals surface area contributed by atoms with Crippen molar-refractivity contribution in [2.75, 3.05) is 47.3 Å². The first-order chi connectivity index (χ1) is 21.2. The van der Waals surface area contributed by atoms with Crippen LogP contribution in [0.3, 0.4) is 0 Å². The number of hydrogen-bond donors (Lipinski definition) is 3. The number of piperidine rings is 1. The van der Waals surface area contributed by atoms with Gasteiger partial charge < -0.3 is 30.3 Å². The number of likely N-dealkylation sites (N-methyl/N-ethyl adjacent to an activating group) is 1. The zero-order chi connectivity index (χ0) is 31.3. The fraction of sp³-hybridized carbons (Fsp3) is 0.559. The minimum absolute atomic E-state index is 0. The molecule has 254 valence electrons. The molecule has 3 amide bonds. The van der Waals surface area contributed by atoms with Crippen LogP contribution in [0, 0.1) is 5.92 Å². The SMILES string of the molecule is CNC(=O)c1ccc(Oc2ccc(CN3CCC4(CC3)C(=O)N[C@H]([C@H](O)C3CCCCC3)C(=O)N4CCN(C)C)cc2)cc1.Cl.Cl. The van der Waals surface area contributed by atoms with Gasteiger partial charge in [-0.2, -0.15) is 0 Å². The number of amides is 3. The summed E-state index contributed by atoms with van der Waals surface area (Å²) in [4.78, 5) is 45.6. The number of piperazine rings is 1. The van der Waals surface area contributed by atoms with Crippen LogP contribution in [-0.2, 0) is 16.1 Å². The minimum Gasteiger partial charge on any atom is -0.457 e. The summed E-state index contributed by atoms with van der Waals surface area (Å²) in [6.07, 6.45) is 5.34. The first-order valence-electron chi connectivity index (χ1n) is 16.0. The van der Waals surface area contributed by atoms with Crippen molar-refractivity contribution in [3.63, 3.8) is 0 Å². The molecule has 3 fully saturated rings. The maximum Gasteiger partial charge on any atom is 0.251 e. The number of ether oxygens (including phenoxy) is 1. The van der Waals surface area contributed by atoms with Crippen LogP contribution >= 0.6 is 24.8 Å². The van der Waals surface area contributed by atoms with E-state index in [1.165, 1.54) is 0 Å². The third kappa shape index (κ3) is 8.52. The van der Waals surface area contributed by atoms with Crippen molar-refractivity contribution < 1.29 is 24.2 Å². The van der Waals surface area contributed by atoms with Crippen molar-refractivity contribution in [3.05, 3.63) is 59.7 Å². The van der Waals surface area contributed by atoms with Gasteiger partial charge in [0.15, 0.2) is 0 Å². The van der Waals surface area contributed by atoms with E-state index < -0.39 is 17.7 Å². The summed E-state index contributed by atoms with van der Waals surface area (Å²) >= 11 is 0. The van der Waals surface area contributed by atoms with Gasteiger partial charge in [-0.25, -0.2) is 0 Å². The van der Waals surface area contributed by atoms with Crippen LogP contribution in [-0.4, -0.2) is 103 Å². The molecule has 1 spiro atoms. The van der Waals surface area contributed by atoms with Crippen molar-refractivity contribution in [1.29, 1.82) is 0 Å². The second kappa shape index (κ2) is 16.8. The molecular formula is C34H49Cl2N5O5. The number of nitrogens with one attached hydrogen (secondary N) is 2. The summed E-state index contributed by atoms with van der Waals surface area (Å²) in [5, 5.41) is 16.8. The number of nitrogens with zero attached hydrogens (tertiary/aromatic N) is 3. The number of carbonyl (C=O) groups is 3. The van der Waals surface area contributed by atoms with E-state index in [2.05, 4.69) is 15.5 Å². The molecule has 2 aromatic carbocycles. The Labute approximate surface area is 285 Å². The lowest BCUT2D eigenvalue weighted by atomic mass is 9.78. The van der Waals surface area contributed by atoms with E-state index in [-0.39, 0.29) is 48.5 Å². The summed E-state index contributed by atoms with van der Waals surface area (Å²) in [6, 6.07) is 14.1. The summed E-state index contributed by atoms with van der Waals surface area (Å²) in [7, 11) is 5.54. The molecule has 0 radical (unpaired) electrons. The van der Waals surface area contributed by atoms with E-state index >= 15 is 0 Å². The molecule has 0 bridgehead atoms. The van der Waals surface area contributed by atoms with Crippen LogP contribution < -0.4 is 15.4 Å². The Bertz CT molecular complexity index is 1300. The Morgan fingerprint density at radius 1 is 1.00 bits per heavy atom. The van der Waals surface area contributed by atoms with E-state index in [4.69, 9.17) is 4.74 Å². The lowest BCUT2D eigenvalue weighted by Crippen LogP contribution is -2.75. The molecule has 2 saturated heterocycles. The van der Waals surface area contributed by atoms with E-state index in [1.54, 1.807) is 36.2 Å². The maximum absolute atomic E-state index is 13.9. The molecular weight excluding hydrogens is 629 g/mol. The Balaban J connectivity index is 0.00000288. The fourth-order valence-electron chi connectivity index (χ4n) is 6.90. The first kappa shape index (κ1) is 37.6. The number of hydrogen-bond acceptors (Lipinski definition) is 7. The summed E-state index contributed by atoms with van der Waals surface area (Å²) < 4.78 is 5.96. The van der Waals surface area contributed by atoms with Crippen LogP contribution in [0.2, 0.25) is 0 Å². The Hall–Kier alpha value is -2.89. The monoisotopic (exact) mass is 677 g/mol. The molecule has 12 heteroatoms. The van der Waals surface area contributed by atoms with Gasteiger partial charge in [0.25, 0.3) is 5.91 Å². The highest BCUT2D eigenvalue weighted by atomic mass is 35.5. The molecule has 2 aromatic rings. The summed E-state index contributed by atoms with van der Waals surface area (Å²) in [6.45, 7) is 3.22. The normalized spacial score (nSPS) is 20.8. The predicted molar refractivity (Wildman–Crippen MR) is 183 cm³/mol. The molecule has 2 aliphatic heterocycles. The summed E-state index contributed by atoms with van der Waals surface area (Å²) in [5.41, 5.74) is 0.816. The number of likely N-dealkylation sites (tertiary alicyclic amines) is 1. The van der Waals surface area contributed by atoms with Gasteiger partial charge in [-0.15, -0.1) is 24.8 Å². The molecule has 2 heterocycles. The first-order valence-corrected chi connectivity index (χ1v) is 16.0. The van der Waals surface area contributed by atoms with Crippen molar-refractivity contribution in [1.82, 2.24) is 25.3 Å². The molecule has 3 N–H and O–H groups in total. The lowest BCUT2D eigenvalue weighted by molar-refractivity contribution is -0.166. The minimum atomic E-state index is -0.891. The van der Waals surface area contributed by atoms with Crippen LogP contribution in [0.4, 0.5) is 0 Å². The molecule has 0 unspecified atom stereocenters. The number of aliphatic hydroxyl groups excluding tert-OH is 1. The highest BCUT2D eigenvalue weighted by Gasteiger charge is 2.55. The molecule has 0 aromatic heterocycles. The number of benzene rings is 2. The van der Waals surface area contributed by atoms with Crippen LogP contribution in [0.1, 0.15) is 60.9 Å². The number of carbonyl (C=O) groups excluding carboxylic acids is 3. The zero-order valence-electron chi connectivity index (χ0n) is 27.1. The van der Waals surface area contributed by atoms with Gasteiger partial charge in [0, 0.05) is 45.3 Å². The Kier molecular flexibility index (Phi) is 13.7.